The van der Waals surface area contributed by atoms with Crippen LogP contribution in [0, 0.1) is 0 Å². The van der Waals surface area contributed by atoms with Gasteiger partial charge in [-0.05, 0) is 57.8 Å². The number of aliphatic imine (C=N–C) groups is 1. The van der Waals surface area contributed by atoms with Gasteiger partial charge < -0.3 is 15.4 Å². The van der Waals surface area contributed by atoms with E-state index in [1.807, 2.05) is 0 Å². The van der Waals surface area contributed by atoms with Gasteiger partial charge in [-0.15, -0.1) is 0 Å². The zero-order valence-electron chi connectivity index (χ0n) is 19.3. The summed E-state index contributed by atoms with van der Waals surface area (Å²) in [5.74, 6) is 0.904. The summed E-state index contributed by atoms with van der Waals surface area (Å²) >= 11 is 0. The molecule has 30 heavy (non-hydrogen) atoms. The lowest BCUT2D eigenvalue weighted by molar-refractivity contribution is 0.0342. The Morgan fingerprint density at radius 3 is 2.50 bits per heavy atom. The second kappa shape index (κ2) is 11.7. The third-order valence-electron chi connectivity index (χ3n) is 6.17. The summed E-state index contributed by atoms with van der Waals surface area (Å²) < 4.78 is 5.46. The van der Waals surface area contributed by atoms with Gasteiger partial charge in [0, 0.05) is 38.3 Å². The summed E-state index contributed by atoms with van der Waals surface area (Å²) in [6.45, 7) is 16.4. The zero-order chi connectivity index (χ0) is 21.2. The Morgan fingerprint density at radius 2 is 1.77 bits per heavy atom. The van der Waals surface area contributed by atoms with Crippen molar-refractivity contribution in [3.63, 3.8) is 0 Å². The van der Waals surface area contributed by atoms with Crippen molar-refractivity contribution in [3.8, 4) is 0 Å². The van der Waals surface area contributed by atoms with E-state index in [1.54, 1.807) is 0 Å². The Balaban J connectivity index is 1.55. The summed E-state index contributed by atoms with van der Waals surface area (Å²) in [5.41, 5.74) is 2.75. The summed E-state index contributed by atoms with van der Waals surface area (Å²) in [7, 11) is 0. The summed E-state index contributed by atoms with van der Waals surface area (Å²) in [4.78, 5) is 9.93. The van der Waals surface area contributed by atoms with Crippen molar-refractivity contribution in [2.45, 2.75) is 58.7 Å². The van der Waals surface area contributed by atoms with Crippen molar-refractivity contribution in [2.24, 2.45) is 4.99 Å². The van der Waals surface area contributed by atoms with Gasteiger partial charge in [0.15, 0.2) is 5.96 Å². The fourth-order valence-corrected chi connectivity index (χ4v) is 4.27. The minimum Gasteiger partial charge on any atom is -0.379 e. The Kier molecular flexibility index (Phi) is 8.97. The molecule has 2 N–H and O–H groups in total. The minimum atomic E-state index is 0.134. The average Bonchev–Trinajstić information content (AvgIpc) is 2.77. The van der Waals surface area contributed by atoms with Crippen molar-refractivity contribution in [1.29, 1.82) is 0 Å². The first-order valence-corrected chi connectivity index (χ1v) is 11.7. The van der Waals surface area contributed by atoms with E-state index in [-0.39, 0.29) is 5.54 Å². The van der Waals surface area contributed by atoms with Crippen LogP contribution in [-0.4, -0.2) is 73.8 Å². The van der Waals surface area contributed by atoms with Gasteiger partial charge in [0.25, 0.3) is 0 Å². The van der Waals surface area contributed by atoms with Crippen LogP contribution in [0.25, 0.3) is 0 Å². The van der Waals surface area contributed by atoms with Gasteiger partial charge in [-0.25, -0.2) is 4.99 Å². The molecule has 0 radical (unpaired) electrons. The Hall–Kier alpha value is -1.63. The van der Waals surface area contributed by atoms with Crippen LogP contribution in [-0.2, 0) is 17.8 Å². The highest BCUT2D eigenvalue weighted by molar-refractivity contribution is 5.79. The van der Waals surface area contributed by atoms with Gasteiger partial charge >= 0.3 is 0 Å². The van der Waals surface area contributed by atoms with Crippen LogP contribution in [0.4, 0.5) is 0 Å². The number of nitrogens with zero attached hydrogens (tertiary/aromatic N) is 3. The molecule has 6 nitrogen and oxygen atoms in total. The number of rotatable bonds is 8. The molecule has 0 spiro atoms. The lowest BCUT2D eigenvalue weighted by atomic mass is 9.98. The topological polar surface area (TPSA) is 52.1 Å². The number of likely N-dealkylation sites (tertiary alicyclic amines) is 1. The molecular formula is C24H41N5O. The van der Waals surface area contributed by atoms with E-state index in [9.17, 15) is 0 Å². The maximum Gasteiger partial charge on any atom is 0.191 e. The molecule has 1 aromatic carbocycles. The van der Waals surface area contributed by atoms with E-state index in [0.717, 1.165) is 51.9 Å². The van der Waals surface area contributed by atoms with Crippen molar-refractivity contribution in [1.82, 2.24) is 20.4 Å². The first-order chi connectivity index (χ1) is 14.6. The molecule has 0 unspecified atom stereocenters. The molecule has 6 heteroatoms. The van der Waals surface area contributed by atoms with Crippen molar-refractivity contribution < 1.29 is 4.74 Å². The molecule has 2 aliphatic heterocycles. The van der Waals surface area contributed by atoms with Gasteiger partial charge in [0.1, 0.15) is 0 Å². The maximum atomic E-state index is 5.46. The molecule has 0 bridgehead atoms. The molecule has 2 fully saturated rings. The number of hydrogen-bond donors (Lipinski definition) is 2. The third kappa shape index (κ3) is 7.25. The second-order valence-electron chi connectivity index (χ2n) is 9.12. The molecule has 0 aliphatic carbocycles. The molecule has 0 saturated carbocycles. The van der Waals surface area contributed by atoms with E-state index in [4.69, 9.17) is 9.73 Å². The summed E-state index contributed by atoms with van der Waals surface area (Å²) in [5, 5.41) is 6.99. The van der Waals surface area contributed by atoms with Gasteiger partial charge in [0.05, 0.1) is 19.8 Å². The van der Waals surface area contributed by atoms with Gasteiger partial charge in [-0.3, -0.25) is 9.80 Å². The SMILES string of the molecule is CCNC(=NCc1cccc(CN2CCOCC2)c1)NCC(C)(C)N1CCCCC1. The van der Waals surface area contributed by atoms with E-state index < -0.39 is 0 Å². The second-order valence-corrected chi connectivity index (χ2v) is 9.12. The molecule has 0 amide bonds. The van der Waals surface area contributed by atoms with E-state index in [2.05, 4.69) is 65.5 Å². The van der Waals surface area contributed by atoms with Crippen molar-refractivity contribution in [3.05, 3.63) is 35.4 Å². The molecule has 2 aliphatic rings. The van der Waals surface area contributed by atoms with Gasteiger partial charge in [0.2, 0.25) is 0 Å². The zero-order valence-corrected chi connectivity index (χ0v) is 19.3. The van der Waals surface area contributed by atoms with Crippen LogP contribution in [0.3, 0.4) is 0 Å². The third-order valence-corrected chi connectivity index (χ3v) is 6.17. The monoisotopic (exact) mass is 415 g/mol. The molecule has 3 rings (SSSR count). The fourth-order valence-electron chi connectivity index (χ4n) is 4.27. The van der Waals surface area contributed by atoms with Crippen LogP contribution in [0.1, 0.15) is 51.2 Å². The number of ether oxygens (including phenoxy) is 1. The molecule has 168 valence electrons. The van der Waals surface area contributed by atoms with Crippen molar-refractivity contribution in [2.75, 3.05) is 52.5 Å². The van der Waals surface area contributed by atoms with Crippen LogP contribution in [0.5, 0.6) is 0 Å². The van der Waals surface area contributed by atoms with Crippen LogP contribution >= 0.6 is 0 Å². The van der Waals surface area contributed by atoms with E-state index in [0.29, 0.717) is 6.54 Å². The number of guanidine groups is 1. The predicted octanol–water partition coefficient (Wildman–Crippen LogP) is 2.84. The van der Waals surface area contributed by atoms with E-state index in [1.165, 1.54) is 43.5 Å². The van der Waals surface area contributed by atoms with Crippen LogP contribution < -0.4 is 10.6 Å². The molecule has 1 aromatic rings. The number of benzene rings is 1. The fraction of sp³-hybridized carbons (Fsp3) is 0.708. The Labute approximate surface area is 183 Å². The Bertz CT molecular complexity index is 663. The van der Waals surface area contributed by atoms with Gasteiger partial charge in [-0.1, -0.05) is 30.7 Å². The van der Waals surface area contributed by atoms with Crippen molar-refractivity contribution >= 4 is 5.96 Å². The average molecular weight is 416 g/mol. The molecule has 2 saturated heterocycles. The number of nitrogens with one attached hydrogen (secondary N) is 2. The summed E-state index contributed by atoms with van der Waals surface area (Å²) in [6.07, 6.45) is 4.01. The highest BCUT2D eigenvalue weighted by atomic mass is 16.5. The van der Waals surface area contributed by atoms with Crippen LogP contribution in [0.15, 0.2) is 29.3 Å². The number of hydrogen-bond acceptors (Lipinski definition) is 4. The predicted molar refractivity (Wildman–Crippen MR) is 125 cm³/mol. The molecular weight excluding hydrogens is 374 g/mol. The van der Waals surface area contributed by atoms with E-state index >= 15 is 0 Å². The maximum absolute atomic E-state index is 5.46. The number of morpholine rings is 1. The largest absolute Gasteiger partial charge is 0.379 e. The molecule has 0 atom stereocenters. The lowest BCUT2D eigenvalue weighted by Crippen LogP contribution is -2.54. The highest BCUT2D eigenvalue weighted by Crippen LogP contribution is 2.19. The van der Waals surface area contributed by atoms with Crippen LogP contribution in [0.2, 0.25) is 0 Å². The molecule has 0 aromatic heterocycles. The summed E-state index contributed by atoms with van der Waals surface area (Å²) in [6, 6.07) is 8.83. The normalized spacial score (nSPS) is 19.6. The first-order valence-electron chi connectivity index (χ1n) is 11.7. The smallest absolute Gasteiger partial charge is 0.191 e. The lowest BCUT2D eigenvalue weighted by Gasteiger charge is -2.41. The minimum absolute atomic E-state index is 0.134. The highest BCUT2D eigenvalue weighted by Gasteiger charge is 2.27. The molecule has 2 heterocycles. The number of piperidine rings is 1. The Morgan fingerprint density at radius 1 is 1.03 bits per heavy atom. The standard InChI is InChI=1S/C24H41N5O/c1-4-25-23(27-20-24(2,3)29-11-6-5-7-12-29)26-18-21-9-8-10-22(17-21)19-28-13-15-30-16-14-28/h8-10,17H,4-7,11-16,18-20H2,1-3H3,(H2,25,26,27). The quantitative estimate of drug-likeness (QED) is 0.505. The first kappa shape index (κ1) is 23.0. The van der Waals surface area contributed by atoms with Gasteiger partial charge in [-0.2, -0.15) is 0 Å².